The second-order valence-corrected chi connectivity index (χ2v) is 7.90. The molecule has 0 amide bonds. The zero-order chi connectivity index (χ0) is 17.2. The van der Waals surface area contributed by atoms with Gasteiger partial charge in [-0.25, -0.2) is 0 Å². The average Bonchev–Trinajstić information content (AvgIpc) is 2.82. The Bertz CT molecular complexity index is 917. The molecule has 0 aromatic heterocycles. The highest BCUT2D eigenvalue weighted by molar-refractivity contribution is 7.99. The van der Waals surface area contributed by atoms with E-state index in [9.17, 15) is 0 Å². The first kappa shape index (κ1) is 16.7. The van der Waals surface area contributed by atoms with Gasteiger partial charge in [0.15, 0.2) is 0 Å². The minimum absolute atomic E-state index is 0.115. The summed E-state index contributed by atoms with van der Waals surface area (Å²) in [5.74, 6) is 0. The van der Waals surface area contributed by atoms with Crippen molar-refractivity contribution < 1.29 is 0 Å². The van der Waals surface area contributed by atoms with Crippen LogP contribution in [0.25, 0.3) is 0 Å². The van der Waals surface area contributed by atoms with Crippen molar-refractivity contribution in [2.45, 2.75) is 16.6 Å². The lowest BCUT2D eigenvalue weighted by Crippen LogP contribution is -2.06. The molecule has 1 aliphatic heterocycles. The Morgan fingerprint density at radius 1 is 0.800 bits per heavy atom. The van der Waals surface area contributed by atoms with E-state index in [0.29, 0.717) is 10.0 Å². The molecular weight excluding hydrogens is 369 g/mol. The highest BCUT2D eigenvalue weighted by atomic mass is 35.5. The van der Waals surface area contributed by atoms with Gasteiger partial charge in [-0.15, -0.1) is 11.8 Å². The van der Waals surface area contributed by atoms with Crippen molar-refractivity contribution in [3.8, 4) is 0 Å². The molecule has 0 spiro atoms. The smallest absolute Gasteiger partial charge is 0.0769 e. The van der Waals surface area contributed by atoms with Gasteiger partial charge in [-0.1, -0.05) is 71.7 Å². The van der Waals surface area contributed by atoms with Crippen molar-refractivity contribution in [2.24, 2.45) is 4.99 Å². The van der Waals surface area contributed by atoms with Gasteiger partial charge < -0.3 is 0 Å². The number of hydrogen-bond acceptors (Lipinski definition) is 2. The monoisotopic (exact) mass is 383 g/mol. The van der Waals surface area contributed by atoms with Gasteiger partial charge >= 0.3 is 0 Å². The molecule has 0 radical (unpaired) electrons. The van der Waals surface area contributed by atoms with E-state index >= 15 is 0 Å². The molecule has 0 fully saturated rings. The van der Waals surface area contributed by atoms with Gasteiger partial charge in [0, 0.05) is 37.9 Å². The highest BCUT2D eigenvalue weighted by Gasteiger charge is 2.25. The lowest BCUT2D eigenvalue weighted by Gasteiger charge is -2.19. The van der Waals surface area contributed by atoms with Crippen molar-refractivity contribution in [3.05, 3.63) is 94.0 Å². The van der Waals surface area contributed by atoms with Crippen LogP contribution in [0.2, 0.25) is 10.0 Å². The van der Waals surface area contributed by atoms with E-state index in [1.165, 1.54) is 0 Å². The molecule has 0 saturated carbocycles. The molecule has 3 aromatic rings. The second-order valence-electron chi connectivity index (χ2n) is 5.84. The molecule has 0 unspecified atom stereocenters. The quantitative estimate of drug-likeness (QED) is 0.450. The van der Waals surface area contributed by atoms with Crippen molar-refractivity contribution >= 4 is 46.4 Å². The molecule has 1 nitrogen and oxygen atoms in total. The summed E-state index contributed by atoms with van der Waals surface area (Å²) in [5.41, 5.74) is 4.17. The van der Waals surface area contributed by atoms with E-state index in [-0.39, 0.29) is 5.25 Å². The van der Waals surface area contributed by atoms with Crippen molar-refractivity contribution in [2.75, 3.05) is 0 Å². The largest absolute Gasteiger partial charge is 0.252 e. The molecule has 0 saturated heterocycles. The Labute approximate surface area is 161 Å². The van der Waals surface area contributed by atoms with Crippen LogP contribution in [-0.2, 0) is 0 Å². The first-order valence-electron chi connectivity index (χ1n) is 8.05. The third-order valence-electron chi connectivity index (χ3n) is 4.20. The minimum atomic E-state index is 0.115. The summed E-state index contributed by atoms with van der Waals surface area (Å²) in [6, 6.07) is 24.2. The average molecular weight is 384 g/mol. The third kappa shape index (κ3) is 3.48. The molecule has 1 atom stereocenters. The Hall–Kier alpha value is -1.74. The molecule has 1 heterocycles. The predicted octanol–water partition coefficient (Wildman–Crippen LogP) is 7.35. The van der Waals surface area contributed by atoms with Crippen LogP contribution in [0.15, 0.2) is 82.7 Å². The van der Waals surface area contributed by atoms with E-state index in [0.717, 1.165) is 33.8 Å². The van der Waals surface area contributed by atoms with Crippen LogP contribution in [0.5, 0.6) is 0 Å². The van der Waals surface area contributed by atoms with Gasteiger partial charge in [-0.05, 0) is 29.8 Å². The maximum Gasteiger partial charge on any atom is 0.0769 e. The number of para-hydroxylation sites is 1. The zero-order valence-electron chi connectivity index (χ0n) is 13.3. The summed E-state index contributed by atoms with van der Waals surface area (Å²) in [4.78, 5) is 6.10. The Morgan fingerprint density at radius 2 is 1.48 bits per heavy atom. The van der Waals surface area contributed by atoms with Crippen LogP contribution < -0.4 is 0 Å². The van der Waals surface area contributed by atoms with Gasteiger partial charge in [-0.2, -0.15) is 0 Å². The maximum atomic E-state index is 6.50. The minimum Gasteiger partial charge on any atom is -0.252 e. The Kier molecular flexibility index (Phi) is 4.85. The topological polar surface area (TPSA) is 12.4 Å². The van der Waals surface area contributed by atoms with Gasteiger partial charge in [0.1, 0.15) is 0 Å². The summed E-state index contributed by atoms with van der Waals surface area (Å²) >= 11 is 14.8. The first-order chi connectivity index (χ1) is 12.2. The Balaban J connectivity index is 1.85. The molecule has 0 N–H and O–H groups in total. The molecular formula is C21H15Cl2NS. The second kappa shape index (κ2) is 7.25. The number of benzene rings is 3. The molecule has 3 aromatic carbocycles. The highest BCUT2D eigenvalue weighted by Crippen LogP contribution is 2.48. The van der Waals surface area contributed by atoms with Crippen LogP contribution in [0.1, 0.15) is 22.8 Å². The molecule has 25 heavy (non-hydrogen) atoms. The van der Waals surface area contributed by atoms with Crippen LogP contribution in [0.4, 0.5) is 5.69 Å². The summed E-state index contributed by atoms with van der Waals surface area (Å²) in [6.45, 7) is 0. The predicted molar refractivity (Wildman–Crippen MR) is 109 cm³/mol. The molecule has 124 valence electrons. The summed E-state index contributed by atoms with van der Waals surface area (Å²) in [6.07, 6.45) is 0.771. The first-order valence-corrected chi connectivity index (χ1v) is 9.68. The van der Waals surface area contributed by atoms with Crippen molar-refractivity contribution in [3.63, 3.8) is 0 Å². The number of aliphatic imine (C=N–C) groups is 1. The van der Waals surface area contributed by atoms with Gasteiger partial charge in [0.25, 0.3) is 0 Å². The fraction of sp³-hybridized carbons (Fsp3) is 0.0952. The van der Waals surface area contributed by atoms with Crippen molar-refractivity contribution in [1.29, 1.82) is 0 Å². The molecule has 4 heteroatoms. The van der Waals surface area contributed by atoms with Gasteiger partial charge in [-0.3, -0.25) is 4.99 Å². The molecule has 4 rings (SSSR count). The number of hydrogen-bond donors (Lipinski definition) is 0. The number of thioether (sulfide) groups is 1. The zero-order valence-corrected chi connectivity index (χ0v) is 15.7. The van der Waals surface area contributed by atoms with Gasteiger partial charge in [0.2, 0.25) is 0 Å². The SMILES string of the molecule is Clc1cccc(Cl)c1[C@@H]1CC(c2ccccc2)=Nc2ccccc2S1. The maximum absolute atomic E-state index is 6.50. The fourth-order valence-corrected chi connectivity index (χ4v) is 5.10. The Morgan fingerprint density at radius 3 is 2.24 bits per heavy atom. The van der Waals surface area contributed by atoms with E-state index in [1.807, 2.05) is 48.5 Å². The molecule has 1 aliphatic rings. The van der Waals surface area contributed by atoms with E-state index in [1.54, 1.807) is 11.8 Å². The molecule has 0 aliphatic carbocycles. The van der Waals surface area contributed by atoms with Crippen LogP contribution in [-0.4, -0.2) is 5.71 Å². The van der Waals surface area contributed by atoms with Crippen LogP contribution in [0.3, 0.4) is 0 Å². The summed E-state index contributed by atoms with van der Waals surface area (Å²) in [5, 5.41) is 1.53. The summed E-state index contributed by atoms with van der Waals surface area (Å²) in [7, 11) is 0. The van der Waals surface area contributed by atoms with Gasteiger partial charge in [0.05, 0.1) is 5.69 Å². The number of rotatable bonds is 2. The lowest BCUT2D eigenvalue weighted by molar-refractivity contribution is 1.01. The number of fused-ring (bicyclic) bond motifs is 1. The van der Waals surface area contributed by atoms with Crippen molar-refractivity contribution in [1.82, 2.24) is 0 Å². The van der Waals surface area contributed by atoms with E-state index in [4.69, 9.17) is 28.2 Å². The van der Waals surface area contributed by atoms with Crippen LogP contribution in [0, 0.1) is 0 Å². The standard InChI is InChI=1S/C21H15Cl2NS/c22-15-9-6-10-16(23)21(15)20-13-18(14-7-2-1-3-8-14)24-17-11-4-5-12-19(17)25-20/h1-12,20H,13H2/t20-/m0/s1. The molecule has 0 bridgehead atoms. The van der Waals surface area contributed by atoms with Crippen LogP contribution >= 0.6 is 35.0 Å². The van der Waals surface area contributed by atoms with E-state index < -0.39 is 0 Å². The summed E-state index contributed by atoms with van der Waals surface area (Å²) < 4.78 is 0. The lowest BCUT2D eigenvalue weighted by atomic mass is 10.0. The number of halogens is 2. The van der Waals surface area contributed by atoms with E-state index in [2.05, 4.69) is 24.3 Å². The third-order valence-corrected chi connectivity index (χ3v) is 6.14. The normalized spacial score (nSPS) is 16.7. The number of nitrogens with zero attached hydrogens (tertiary/aromatic N) is 1. The fourth-order valence-electron chi connectivity index (χ4n) is 3.00.